The van der Waals surface area contributed by atoms with E-state index < -0.39 is 0 Å². The number of benzene rings is 1. The number of hydrogen-bond donors (Lipinski definition) is 1. The van der Waals surface area contributed by atoms with Crippen LogP contribution in [0.1, 0.15) is 11.3 Å². The lowest BCUT2D eigenvalue weighted by Gasteiger charge is -2.08. The summed E-state index contributed by atoms with van der Waals surface area (Å²) in [6.07, 6.45) is 1.98. The first kappa shape index (κ1) is 10.9. The van der Waals surface area contributed by atoms with E-state index in [2.05, 4.69) is 12.1 Å². The second-order valence-corrected chi connectivity index (χ2v) is 3.64. The average molecular weight is 216 g/mol. The summed E-state index contributed by atoms with van der Waals surface area (Å²) in [6.45, 7) is 1.72. The van der Waals surface area contributed by atoms with Crippen LogP contribution in [0.5, 0.6) is 0 Å². The molecule has 0 amide bonds. The highest BCUT2D eigenvalue weighted by atomic mass is 16.5. The molecule has 0 fully saturated rings. The van der Waals surface area contributed by atoms with Crippen molar-refractivity contribution in [3.8, 4) is 0 Å². The monoisotopic (exact) mass is 216 g/mol. The smallest absolute Gasteiger partial charge is 0.123 e. The maximum absolute atomic E-state index is 5.61. The van der Waals surface area contributed by atoms with Gasteiger partial charge in [0.05, 0.1) is 6.61 Å². The van der Waals surface area contributed by atoms with Gasteiger partial charge in [0.2, 0.25) is 0 Å². The van der Waals surface area contributed by atoms with Crippen molar-refractivity contribution < 1.29 is 4.74 Å². The van der Waals surface area contributed by atoms with E-state index >= 15 is 0 Å². The zero-order valence-corrected chi connectivity index (χ0v) is 9.17. The average Bonchev–Trinajstić information content (AvgIpc) is 2.78. The molecule has 2 N–H and O–H groups in total. The summed E-state index contributed by atoms with van der Waals surface area (Å²) in [7, 11) is 0. The minimum atomic E-state index is 0.543. The van der Waals surface area contributed by atoms with Gasteiger partial charge in [0.15, 0.2) is 0 Å². The predicted octanol–water partition coefficient (Wildman–Crippen LogP) is 2.12. The molecule has 1 aromatic carbocycles. The van der Waals surface area contributed by atoms with Crippen molar-refractivity contribution in [1.29, 1.82) is 0 Å². The van der Waals surface area contributed by atoms with E-state index in [1.54, 1.807) is 0 Å². The van der Waals surface area contributed by atoms with Crippen LogP contribution in [0.25, 0.3) is 0 Å². The molecular formula is C13H16N2O. The van der Waals surface area contributed by atoms with Gasteiger partial charge in [-0.3, -0.25) is 0 Å². The van der Waals surface area contributed by atoms with Gasteiger partial charge in [-0.05, 0) is 17.7 Å². The fourth-order valence-corrected chi connectivity index (χ4v) is 1.60. The SMILES string of the molecule is NCc1cccn1COCc1ccccc1. The van der Waals surface area contributed by atoms with Gasteiger partial charge in [-0.1, -0.05) is 30.3 Å². The lowest BCUT2D eigenvalue weighted by Crippen LogP contribution is -2.08. The van der Waals surface area contributed by atoms with Crippen LogP contribution in [0, 0.1) is 0 Å². The molecule has 0 aliphatic rings. The third kappa shape index (κ3) is 2.72. The molecule has 2 aromatic rings. The van der Waals surface area contributed by atoms with Gasteiger partial charge < -0.3 is 15.0 Å². The van der Waals surface area contributed by atoms with Crippen LogP contribution in [0.2, 0.25) is 0 Å². The van der Waals surface area contributed by atoms with Crippen molar-refractivity contribution >= 4 is 0 Å². The second kappa shape index (κ2) is 5.49. The van der Waals surface area contributed by atoms with Gasteiger partial charge in [0.25, 0.3) is 0 Å². The van der Waals surface area contributed by atoms with Crippen LogP contribution in [-0.4, -0.2) is 4.57 Å². The summed E-state index contributed by atoms with van der Waals surface area (Å²) in [5, 5.41) is 0. The van der Waals surface area contributed by atoms with Crippen LogP contribution in [0.4, 0.5) is 0 Å². The van der Waals surface area contributed by atoms with E-state index in [9.17, 15) is 0 Å². The molecule has 1 heterocycles. The number of rotatable bonds is 5. The van der Waals surface area contributed by atoms with Crippen LogP contribution in [0.15, 0.2) is 48.7 Å². The standard InChI is InChI=1S/C13H16N2O/c14-9-13-7-4-8-15(13)11-16-10-12-5-2-1-3-6-12/h1-8H,9-11,14H2. The van der Waals surface area contributed by atoms with Crippen molar-refractivity contribution in [3.63, 3.8) is 0 Å². The summed E-state index contributed by atoms with van der Waals surface area (Å²) in [5.74, 6) is 0. The fourth-order valence-electron chi connectivity index (χ4n) is 1.60. The molecule has 2 rings (SSSR count). The Morgan fingerprint density at radius 1 is 1.06 bits per heavy atom. The van der Waals surface area contributed by atoms with Gasteiger partial charge in [-0.15, -0.1) is 0 Å². The molecule has 3 nitrogen and oxygen atoms in total. The molecule has 0 unspecified atom stereocenters. The quantitative estimate of drug-likeness (QED) is 0.831. The molecular weight excluding hydrogens is 200 g/mol. The Labute approximate surface area is 95.5 Å². The van der Waals surface area contributed by atoms with E-state index in [4.69, 9.17) is 10.5 Å². The first-order valence-electron chi connectivity index (χ1n) is 5.36. The lowest BCUT2D eigenvalue weighted by molar-refractivity contribution is 0.0626. The molecule has 0 atom stereocenters. The molecule has 0 saturated heterocycles. The van der Waals surface area contributed by atoms with E-state index in [1.165, 1.54) is 5.56 Å². The third-order valence-corrected chi connectivity index (χ3v) is 2.47. The highest BCUT2D eigenvalue weighted by Crippen LogP contribution is 2.04. The normalized spacial score (nSPS) is 10.6. The van der Waals surface area contributed by atoms with Crippen molar-refractivity contribution in [2.45, 2.75) is 19.9 Å². The molecule has 84 valence electrons. The van der Waals surface area contributed by atoms with Crippen LogP contribution >= 0.6 is 0 Å². The number of hydrogen-bond acceptors (Lipinski definition) is 2. The fraction of sp³-hybridized carbons (Fsp3) is 0.231. The van der Waals surface area contributed by atoms with Gasteiger partial charge in [-0.25, -0.2) is 0 Å². The predicted molar refractivity (Wildman–Crippen MR) is 63.6 cm³/mol. The van der Waals surface area contributed by atoms with E-state index in [0.29, 0.717) is 19.9 Å². The third-order valence-electron chi connectivity index (χ3n) is 2.47. The molecule has 0 saturated carbocycles. The Balaban J connectivity index is 1.85. The molecule has 0 spiro atoms. The Morgan fingerprint density at radius 2 is 1.88 bits per heavy atom. The maximum Gasteiger partial charge on any atom is 0.123 e. The van der Waals surface area contributed by atoms with Crippen molar-refractivity contribution in [3.05, 3.63) is 59.9 Å². The molecule has 1 aromatic heterocycles. The summed E-state index contributed by atoms with van der Waals surface area (Å²) < 4.78 is 7.63. The van der Waals surface area contributed by atoms with Gasteiger partial charge in [-0.2, -0.15) is 0 Å². The molecule has 0 bridgehead atoms. The van der Waals surface area contributed by atoms with Crippen LogP contribution in [0.3, 0.4) is 0 Å². The minimum Gasteiger partial charge on any atom is -0.356 e. The molecule has 0 aliphatic heterocycles. The minimum absolute atomic E-state index is 0.543. The Morgan fingerprint density at radius 3 is 2.62 bits per heavy atom. The highest BCUT2D eigenvalue weighted by molar-refractivity contribution is 5.13. The molecule has 16 heavy (non-hydrogen) atoms. The number of nitrogens with two attached hydrogens (primary N) is 1. The first-order valence-corrected chi connectivity index (χ1v) is 5.36. The summed E-state index contributed by atoms with van der Waals surface area (Å²) >= 11 is 0. The highest BCUT2D eigenvalue weighted by Gasteiger charge is 1.98. The van der Waals surface area contributed by atoms with Gasteiger partial charge in [0, 0.05) is 18.4 Å². The Hall–Kier alpha value is -1.58. The van der Waals surface area contributed by atoms with E-state index in [0.717, 1.165) is 5.69 Å². The summed E-state index contributed by atoms with van der Waals surface area (Å²) in [6, 6.07) is 14.1. The zero-order chi connectivity index (χ0) is 11.2. The molecule has 0 radical (unpaired) electrons. The van der Waals surface area contributed by atoms with Crippen molar-refractivity contribution in [1.82, 2.24) is 4.57 Å². The summed E-state index contributed by atoms with van der Waals surface area (Å²) in [4.78, 5) is 0. The van der Waals surface area contributed by atoms with Crippen LogP contribution in [-0.2, 0) is 24.6 Å². The van der Waals surface area contributed by atoms with Gasteiger partial charge in [0.1, 0.15) is 6.73 Å². The van der Waals surface area contributed by atoms with Crippen molar-refractivity contribution in [2.75, 3.05) is 0 Å². The number of ether oxygens (including phenoxy) is 1. The van der Waals surface area contributed by atoms with Crippen molar-refractivity contribution in [2.24, 2.45) is 5.73 Å². The first-order chi connectivity index (χ1) is 7.90. The van der Waals surface area contributed by atoms with Gasteiger partial charge >= 0.3 is 0 Å². The zero-order valence-electron chi connectivity index (χ0n) is 9.17. The maximum atomic E-state index is 5.61. The molecule has 0 aliphatic carbocycles. The number of nitrogens with zero attached hydrogens (tertiary/aromatic N) is 1. The molecule has 3 heteroatoms. The van der Waals surface area contributed by atoms with E-state index in [1.807, 2.05) is 41.1 Å². The largest absolute Gasteiger partial charge is 0.356 e. The second-order valence-electron chi connectivity index (χ2n) is 3.64. The Bertz CT molecular complexity index is 423. The van der Waals surface area contributed by atoms with Crippen LogP contribution < -0.4 is 5.73 Å². The lowest BCUT2D eigenvalue weighted by atomic mass is 10.2. The Kier molecular flexibility index (Phi) is 3.75. The topological polar surface area (TPSA) is 40.2 Å². The van der Waals surface area contributed by atoms with E-state index in [-0.39, 0.29) is 0 Å². The summed E-state index contributed by atoms with van der Waals surface area (Å²) in [5.41, 5.74) is 7.88. The number of aromatic nitrogens is 1.